The molecule has 7 heteroatoms. The number of nitrogens with one attached hydrogen (secondary N) is 2. The Morgan fingerprint density at radius 3 is 2.18 bits per heavy atom. The Bertz CT molecular complexity index is 1320. The fourth-order valence-corrected chi connectivity index (χ4v) is 4.93. The molecule has 3 aromatic carbocycles. The second-order valence-corrected chi connectivity index (χ2v) is 9.66. The van der Waals surface area contributed by atoms with Crippen molar-refractivity contribution in [3.63, 3.8) is 0 Å². The van der Waals surface area contributed by atoms with Gasteiger partial charge in [0.05, 0.1) is 6.42 Å². The van der Waals surface area contributed by atoms with Crippen LogP contribution in [0.3, 0.4) is 0 Å². The third kappa shape index (κ3) is 7.09. The molecule has 2 atom stereocenters. The number of likely N-dealkylation sites (N-methyl/N-ethyl adjacent to an activating group) is 2. The van der Waals surface area contributed by atoms with E-state index in [4.69, 9.17) is 0 Å². The summed E-state index contributed by atoms with van der Waals surface area (Å²) in [5, 5.41) is 12.7. The minimum absolute atomic E-state index is 0.0202. The SMILES string of the molecule is CCN(N[C@H](CC(=O)O)Cc1c[nH]c2ccccc12)[C@@H](Cc1ccccc1)C(=O)N(C)Cc1ccccc1. The van der Waals surface area contributed by atoms with Crippen LogP contribution in [-0.4, -0.2) is 57.6 Å². The molecule has 0 spiro atoms. The number of fused-ring (bicyclic) bond motifs is 1. The molecule has 0 aliphatic heterocycles. The van der Waals surface area contributed by atoms with Crippen molar-refractivity contribution < 1.29 is 14.7 Å². The van der Waals surface area contributed by atoms with E-state index in [1.54, 1.807) is 4.90 Å². The summed E-state index contributed by atoms with van der Waals surface area (Å²) < 4.78 is 0. The van der Waals surface area contributed by atoms with Gasteiger partial charge in [0.15, 0.2) is 0 Å². The van der Waals surface area contributed by atoms with Crippen molar-refractivity contribution >= 4 is 22.8 Å². The van der Waals surface area contributed by atoms with E-state index in [-0.39, 0.29) is 12.3 Å². The highest BCUT2D eigenvalue weighted by Gasteiger charge is 2.30. The fourth-order valence-electron chi connectivity index (χ4n) is 4.93. The summed E-state index contributed by atoms with van der Waals surface area (Å²) in [5.41, 5.74) is 7.61. The Morgan fingerprint density at radius 2 is 1.53 bits per heavy atom. The number of hydrogen-bond acceptors (Lipinski definition) is 4. The van der Waals surface area contributed by atoms with Crippen LogP contribution in [0.25, 0.3) is 10.9 Å². The molecule has 1 aromatic heterocycles. The van der Waals surface area contributed by atoms with Gasteiger partial charge in [-0.25, -0.2) is 5.01 Å². The Hall–Kier alpha value is -3.94. The van der Waals surface area contributed by atoms with E-state index < -0.39 is 18.1 Å². The number of aromatic nitrogens is 1. The van der Waals surface area contributed by atoms with Gasteiger partial charge in [0.1, 0.15) is 6.04 Å². The zero-order valence-corrected chi connectivity index (χ0v) is 22.0. The number of carbonyl (C=O) groups excluding carboxylic acids is 1. The average Bonchev–Trinajstić information content (AvgIpc) is 3.33. The minimum Gasteiger partial charge on any atom is -0.481 e. The number of hydrazine groups is 1. The number of hydrogen-bond donors (Lipinski definition) is 3. The third-order valence-corrected chi connectivity index (χ3v) is 6.82. The van der Waals surface area contributed by atoms with Crippen molar-refractivity contribution in [3.05, 3.63) is 108 Å². The van der Waals surface area contributed by atoms with Crippen LogP contribution in [0.4, 0.5) is 0 Å². The van der Waals surface area contributed by atoms with E-state index in [0.29, 0.717) is 25.9 Å². The van der Waals surface area contributed by atoms with Crippen molar-refractivity contribution in [2.24, 2.45) is 0 Å². The summed E-state index contributed by atoms with van der Waals surface area (Å²) in [6.45, 7) is 3.02. The molecule has 0 saturated heterocycles. The number of carboxylic acids is 1. The van der Waals surface area contributed by atoms with Gasteiger partial charge < -0.3 is 15.0 Å². The maximum Gasteiger partial charge on any atom is 0.304 e. The normalized spacial score (nSPS) is 12.9. The van der Waals surface area contributed by atoms with Gasteiger partial charge in [-0.15, -0.1) is 0 Å². The van der Waals surface area contributed by atoms with Crippen LogP contribution >= 0.6 is 0 Å². The molecule has 0 aliphatic rings. The van der Waals surface area contributed by atoms with Crippen molar-refractivity contribution in [1.82, 2.24) is 20.3 Å². The molecule has 38 heavy (non-hydrogen) atoms. The summed E-state index contributed by atoms with van der Waals surface area (Å²) >= 11 is 0. The Kier molecular flexibility index (Phi) is 9.30. The lowest BCUT2D eigenvalue weighted by molar-refractivity contribution is -0.139. The Labute approximate surface area is 224 Å². The minimum atomic E-state index is -0.884. The predicted octanol–water partition coefficient (Wildman–Crippen LogP) is 4.65. The topological polar surface area (TPSA) is 88.7 Å². The zero-order valence-electron chi connectivity index (χ0n) is 22.0. The van der Waals surface area contributed by atoms with Crippen molar-refractivity contribution in [2.45, 2.75) is 44.8 Å². The van der Waals surface area contributed by atoms with E-state index in [1.165, 1.54) is 0 Å². The van der Waals surface area contributed by atoms with Gasteiger partial charge in [0.25, 0.3) is 0 Å². The molecule has 4 rings (SSSR count). The number of nitrogens with zero attached hydrogens (tertiary/aromatic N) is 2. The summed E-state index contributed by atoms with van der Waals surface area (Å²) in [5.74, 6) is -0.904. The Morgan fingerprint density at radius 1 is 0.895 bits per heavy atom. The molecule has 4 aromatic rings. The molecule has 198 valence electrons. The lowest BCUT2D eigenvalue weighted by atomic mass is 10.0. The highest BCUT2D eigenvalue weighted by molar-refractivity contribution is 5.83. The standard InChI is InChI=1S/C31H36N4O3/c1-3-35(33-26(20-30(36)37)19-25-21-32-28-17-11-10-16-27(25)28)29(18-23-12-6-4-7-13-23)31(38)34(2)22-24-14-8-5-9-15-24/h4-17,21,26,29,32-33H,3,18-20,22H2,1-2H3,(H,36,37)/t26-,29-/m0/s1. The summed E-state index contributed by atoms with van der Waals surface area (Å²) in [6, 6.07) is 27.0. The quantitative estimate of drug-likeness (QED) is 0.227. The molecule has 0 bridgehead atoms. The second kappa shape index (κ2) is 13.0. The highest BCUT2D eigenvalue weighted by atomic mass is 16.4. The van der Waals surface area contributed by atoms with Gasteiger partial charge in [-0.3, -0.25) is 15.0 Å². The maximum absolute atomic E-state index is 13.9. The number of amides is 1. The smallest absolute Gasteiger partial charge is 0.304 e. The van der Waals surface area contributed by atoms with E-state index >= 15 is 0 Å². The molecular formula is C31H36N4O3. The van der Waals surface area contributed by atoms with Crippen LogP contribution in [-0.2, 0) is 29.0 Å². The van der Waals surface area contributed by atoms with Gasteiger partial charge in [0, 0.05) is 43.3 Å². The molecule has 0 saturated carbocycles. The van der Waals surface area contributed by atoms with Gasteiger partial charge in [0.2, 0.25) is 5.91 Å². The van der Waals surface area contributed by atoms with Gasteiger partial charge in [-0.05, 0) is 35.6 Å². The molecule has 0 aliphatic carbocycles. The maximum atomic E-state index is 13.9. The first kappa shape index (κ1) is 27.1. The molecule has 1 heterocycles. The monoisotopic (exact) mass is 512 g/mol. The second-order valence-electron chi connectivity index (χ2n) is 9.66. The number of aliphatic carboxylic acids is 1. The molecule has 3 N–H and O–H groups in total. The molecule has 7 nitrogen and oxygen atoms in total. The van der Waals surface area contributed by atoms with Crippen LogP contribution in [0.5, 0.6) is 0 Å². The zero-order chi connectivity index (χ0) is 26.9. The molecular weight excluding hydrogens is 476 g/mol. The number of rotatable bonds is 13. The van der Waals surface area contributed by atoms with E-state index in [1.807, 2.05) is 110 Å². The molecule has 0 unspecified atom stereocenters. The molecule has 0 fully saturated rings. The van der Waals surface area contributed by atoms with Crippen LogP contribution < -0.4 is 5.43 Å². The average molecular weight is 513 g/mol. The van der Waals surface area contributed by atoms with E-state index in [2.05, 4.69) is 10.4 Å². The first-order valence-electron chi connectivity index (χ1n) is 13.1. The van der Waals surface area contributed by atoms with Gasteiger partial charge >= 0.3 is 5.97 Å². The molecule has 0 radical (unpaired) electrons. The molecule has 1 amide bonds. The van der Waals surface area contributed by atoms with Gasteiger partial charge in [-0.2, -0.15) is 0 Å². The third-order valence-electron chi connectivity index (χ3n) is 6.82. The van der Waals surface area contributed by atoms with Crippen molar-refractivity contribution in [2.75, 3.05) is 13.6 Å². The van der Waals surface area contributed by atoms with E-state index in [0.717, 1.165) is 27.6 Å². The summed E-state index contributed by atoms with van der Waals surface area (Å²) in [7, 11) is 1.82. The number of H-pyrrole nitrogens is 1. The van der Waals surface area contributed by atoms with Crippen LogP contribution in [0.2, 0.25) is 0 Å². The lowest BCUT2D eigenvalue weighted by Crippen LogP contribution is -2.57. The van der Waals surface area contributed by atoms with Crippen LogP contribution in [0.15, 0.2) is 91.1 Å². The van der Waals surface area contributed by atoms with Crippen LogP contribution in [0, 0.1) is 0 Å². The number of carbonyl (C=O) groups is 2. The summed E-state index contributed by atoms with van der Waals surface area (Å²) in [4.78, 5) is 30.7. The Balaban J connectivity index is 1.58. The van der Waals surface area contributed by atoms with E-state index in [9.17, 15) is 14.7 Å². The predicted molar refractivity (Wildman–Crippen MR) is 150 cm³/mol. The highest BCUT2D eigenvalue weighted by Crippen LogP contribution is 2.21. The summed E-state index contributed by atoms with van der Waals surface area (Å²) in [6.07, 6.45) is 2.89. The first-order valence-corrected chi connectivity index (χ1v) is 13.1. The van der Waals surface area contributed by atoms with Gasteiger partial charge in [-0.1, -0.05) is 85.8 Å². The lowest BCUT2D eigenvalue weighted by Gasteiger charge is -2.36. The first-order chi connectivity index (χ1) is 18.4. The van der Waals surface area contributed by atoms with Crippen molar-refractivity contribution in [1.29, 1.82) is 0 Å². The number of aromatic amines is 1. The van der Waals surface area contributed by atoms with Crippen LogP contribution in [0.1, 0.15) is 30.0 Å². The van der Waals surface area contributed by atoms with Crippen molar-refractivity contribution in [3.8, 4) is 0 Å². The fraction of sp³-hybridized carbons (Fsp3) is 0.290. The number of benzene rings is 3. The number of carboxylic acid groups (broad SMARTS) is 1. The largest absolute Gasteiger partial charge is 0.481 e. The number of para-hydroxylation sites is 1.